The van der Waals surface area contributed by atoms with Crippen molar-refractivity contribution in [2.24, 2.45) is 94.7 Å². The lowest BCUT2D eigenvalue weighted by Gasteiger charge is -2.61. The molecule has 0 amide bonds. The first-order chi connectivity index (χ1) is 37.7. The van der Waals surface area contributed by atoms with Crippen molar-refractivity contribution in [1.82, 2.24) is 9.80 Å². The van der Waals surface area contributed by atoms with Crippen LogP contribution in [-0.2, 0) is 0 Å². The van der Waals surface area contributed by atoms with Crippen molar-refractivity contribution in [3.8, 4) is 0 Å². The summed E-state index contributed by atoms with van der Waals surface area (Å²) < 4.78 is 0. The molecule has 13 rings (SSSR count). The minimum Gasteiger partial charge on any atom is -0.294 e. The van der Waals surface area contributed by atoms with E-state index in [2.05, 4.69) is 34.1 Å². The fourth-order valence-electron chi connectivity index (χ4n) is 24.6. The average Bonchev–Trinajstić information content (AvgIpc) is 3.53. The normalized spacial score (nSPS) is 46.6. The minimum absolute atomic E-state index is 0.871. The number of nitrogens with zero attached hydrogens (tertiary/aromatic N) is 2. The van der Waals surface area contributed by atoms with Crippen LogP contribution in [-0.4, -0.2) is 46.1 Å². The summed E-state index contributed by atoms with van der Waals surface area (Å²) in [6, 6.07) is 5.40. The highest BCUT2D eigenvalue weighted by molar-refractivity contribution is 5.08. The van der Waals surface area contributed by atoms with Gasteiger partial charge in [0, 0.05) is 36.3 Å². The van der Waals surface area contributed by atoms with Crippen LogP contribution in [0.5, 0.6) is 0 Å². The van der Waals surface area contributed by atoms with Crippen molar-refractivity contribution in [3.05, 3.63) is 24.3 Å². The van der Waals surface area contributed by atoms with E-state index in [1.165, 1.54) is 154 Å². The second-order valence-electron chi connectivity index (χ2n) is 31.5. The molecule has 0 aliphatic heterocycles. The number of allylic oxidation sites excluding steroid dienone is 4. The van der Waals surface area contributed by atoms with Gasteiger partial charge in [-0.1, -0.05) is 153 Å². The summed E-state index contributed by atoms with van der Waals surface area (Å²) >= 11 is 0. The van der Waals surface area contributed by atoms with Crippen molar-refractivity contribution in [1.29, 1.82) is 0 Å². The zero-order chi connectivity index (χ0) is 50.6. The molecule has 13 aliphatic rings. The van der Waals surface area contributed by atoms with Crippen LogP contribution in [0.1, 0.15) is 308 Å². The molecule has 0 N–H and O–H groups in total. The summed E-state index contributed by atoms with van der Waals surface area (Å²) in [5.74, 6) is 16.3. The Labute approximate surface area is 470 Å². The molecule has 13 fully saturated rings. The van der Waals surface area contributed by atoms with Gasteiger partial charge in [0.05, 0.1) is 0 Å². The molecule has 2 heteroatoms. The molecule has 0 bridgehead atoms. The van der Waals surface area contributed by atoms with E-state index in [9.17, 15) is 0 Å². The standard InChI is InChI=1S/C74H122N2/c1-3-17-53(18-4-1)33-35-55-37-45-61(46-38-55)75(71-31-15-23-57-21-7-9-25-65(57)71)63-49-41-59(42-50-63)73-67-27-11-13-29-69(67)74(70-30-14-12-28-68(70)73)60-43-51-64(52-44-60)76(72-32-16-24-58-22-8-10-26-66(58)72)62-47-39-56(40-48-62)36-34-54-19-5-2-6-20-54/h33-36,53-74H,1-32,37-52H2. The third kappa shape index (κ3) is 12.2. The zero-order valence-corrected chi connectivity index (χ0v) is 49.8. The first-order valence-corrected chi connectivity index (χ1v) is 36.6. The van der Waals surface area contributed by atoms with Crippen molar-refractivity contribution < 1.29 is 0 Å². The smallest absolute Gasteiger partial charge is 0.0132 e. The third-order valence-corrected chi connectivity index (χ3v) is 27.9. The Morgan fingerprint density at radius 3 is 0.789 bits per heavy atom. The quantitative estimate of drug-likeness (QED) is 0.180. The minimum atomic E-state index is 0.871. The Morgan fingerprint density at radius 2 is 0.447 bits per heavy atom. The van der Waals surface area contributed by atoms with E-state index in [1.807, 2.05) is 0 Å². The van der Waals surface area contributed by atoms with E-state index in [1.54, 1.807) is 154 Å². The second-order valence-corrected chi connectivity index (χ2v) is 31.5. The summed E-state index contributed by atoms with van der Waals surface area (Å²) in [6.07, 6.45) is 84.8. The van der Waals surface area contributed by atoms with E-state index < -0.39 is 0 Å². The van der Waals surface area contributed by atoms with Gasteiger partial charge >= 0.3 is 0 Å². The molecule has 76 heavy (non-hydrogen) atoms. The zero-order valence-electron chi connectivity index (χ0n) is 49.8. The number of hydrogen-bond donors (Lipinski definition) is 0. The topological polar surface area (TPSA) is 6.48 Å². The largest absolute Gasteiger partial charge is 0.294 e. The van der Waals surface area contributed by atoms with Crippen molar-refractivity contribution in [2.45, 2.75) is 344 Å². The Kier molecular flexibility index (Phi) is 18.9. The average molecular weight is 1040 g/mol. The third-order valence-electron chi connectivity index (χ3n) is 27.9. The molecule has 2 nitrogen and oxygen atoms in total. The van der Waals surface area contributed by atoms with Gasteiger partial charge in [-0.3, -0.25) is 9.80 Å². The van der Waals surface area contributed by atoms with Crippen molar-refractivity contribution in [2.75, 3.05) is 0 Å². The van der Waals surface area contributed by atoms with Gasteiger partial charge in [-0.2, -0.15) is 0 Å². The predicted molar refractivity (Wildman–Crippen MR) is 322 cm³/mol. The van der Waals surface area contributed by atoms with E-state index in [0.29, 0.717) is 0 Å². The molecule has 10 unspecified atom stereocenters. The SMILES string of the molecule is C(=CC1CCC(N(C2CCC(C3C4CCCCC4C(C4CCC(N(C5CCC(C=CC6CCCCC6)CC5)C5CCCC6CCCCC65)CC4)C4CCCCC43)CC2)C2CCCC3CCCCC32)CC1)C1CCCCC1. The molecule has 0 heterocycles. The van der Waals surface area contributed by atoms with Crippen LogP contribution < -0.4 is 0 Å². The molecule has 428 valence electrons. The van der Waals surface area contributed by atoms with Crippen LogP contribution >= 0.6 is 0 Å². The number of fused-ring (bicyclic) bond motifs is 4. The molecule has 13 aliphatic carbocycles. The van der Waals surface area contributed by atoms with Gasteiger partial charge in [0.2, 0.25) is 0 Å². The summed E-state index contributed by atoms with van der Waals surface area (Å²) in [5, 5.41) is 0. The van der Waals surface area contributed by atoms with Gasteiger partial charge in [0.1, 0.15) is 0 Å². The lowest BCUT2D eigenvalue weighted by atomic mass is 9.45. The van der Waals surface area contributed by atoms with Crippen LogP contribution in [0, 0.1) is 94.7 Å². The van der Waals surface area contributed by atoms with Crippen molar-refractivity contribution in [3.63, 3.8) is 0 Å². The van der Waals surface area contributed by atoms with Crippen molar-refractivity contribution >= 4 is 0 Å². The van der Waals surface area contributed by atoms with E-state index in [4.69, 9.17) is 0 Å². The summed E-state index contributed by atoms with van der Waals surface area (Å²) in [4.78, 5) is 6.87. The van der Waals surface area contributed by atoms with Crippen LogP contribution in [0.25, 0.3) is 0 Å². The maximum absolute atomic E-state index is 3.43. The molecule has 13 saturated carbocycles. The van der Waals surface area contributed by atoms with Gasteiger partial charge < -0.3 is 0 Å². The Balaban J connectivity index is 0.683. The molecule has 0 saturated heterocycles. The van der Waals surface area contributed by atoms with Crippen LogP contribution in [0.2, 0.25) is 0 Å². The second kappa shape index (κ2) is 26.3. The highest BCUT2D eigenvalue weighted by Crippen LogP contribution is 2.63. The molecular formula is C74H122N2. The van der Waals surface area contributed by atoms with Crippen LogP contribution in [0.15, 0.2) is 24.3 Å². The van der Waals surface area contributed by atoms with Gasteiger partial charge in [-0.25, -0.2) is 0 Å². The first kappa shape index (κ1) is 54.6. The lowest BCUT2D eigenvalue weighted by Crippen LogP contribution is -2.58. The van der Waals surface area contributed by atoms with Gasteiger partial charge in [0.25, 0.3) is 0 Å². The number of rotatable bonds is 12. The fraction of sp³-hybridized carbons (Fsp3) is 0.946. The lowest BCUT2D eigenvalue weighted by molar-refractivity contribution is -0.121. The fourth-order valence-corrected chi connectivity index (χ4v) is 24.6. The molecule has 0 aromatic carbocycles. The summed E-state index contributed by atoms with van der Waals surface area (Å²) in [5.41, 5.74) is 0. The van der Waals surface area contributed by atoms with Crippen LogP contribution in [0.4, 0.5) is 0 Å². The Bertz CT molecular complexity index is 1630. The number of hydrogen-bond acceptors (Lipinski definition) is 2. The maximum Gasteiger partial charge on any atom is 0.0132 e. The van der Waals surface area contributed by atoms with E-state index in [-0.39, 0.29) is 0 Å². The van der Waals surface area contributed by atoms with E-state index in [0.717, 1.165) is 131 Å². The molecule has 0 spiro atoms. The Hall–Kier alpha value is -0.600. The molecule has 0 aromatic rings. The molecule has 0 radical (unpaired) electrons. The maximum atomic E-state index is 3.43. The Morgan fingerprint density at radius 1 is 0.184 bits per heavy atom. The summed E-state index contributed by atoms with van der Waals surface area (Å²) in [6.45, 7) is 0. The monoisotopic (exact) mass is 1040 g/mol. The van der Waals surface area contributed by atoms with Gasteiger partial charge in [0.15, 0.2) is 0 Å². The summed E-state index contributed by atoms with van der Waals surface area (Å²) in [7, 11) is 0. The molecule has 10 atom stereocenters. The van der Waals surface area contributed by atoms with Crippen LogP contribution in [0.3, 0.4) is 0 Å². The van der Waals surface area contributed by atoms with Gasteiger partial charge in [-0.05, 0) is 274 Å². The highest BCUT2D eigenvalue weighted by Gasteiger charge is 2.56. The van der Waals surface area contributed by atoms with E-state index >= 15 is 0 Å². The molecular weight excluding hydrogens is 917 g/mol. The molecule has 0 aromatic heterocycles. The predicted octanol–water partition coefficient (Wildman–Crippen LogP) is 20.7. The first-order valence-electron chi connectivity index (χ1n) is 36.6. The van der Waals surface area contributed by atoms with Gasteiger partial charge in [-0.15, -0.1) is 0 Å². The highest BCUT2D eigenvalue weighted by atomic mass is 15.2.